The third-order valence-corrected chi connectivity index (χ3v) is 2.50. The average molecular weight is 206 g/mol. The Morgan fingerprint density at radius 2 is 2.00 bits per heavy atom. The molecule has 1 N–H and O–H groups in total. The molecule has 0 aliphatic carbocycles. The molecule has 0 bridgehead atoms. The fourth-order valence-electron chi connectivity index (χ4n) is 1.61. The molecule has 0 fully saturated rings. The van der Waals surface area contributed by atoms with Crippen LogP contribution in [0.3, 0.4) is 0 Å². The van der Waals surface area contributed by atoms with Crippen LogP contribution in [0.1, 0.15) is 45.1 Å². The molecule has 1 aromatic heterocycles. The summed E-state index contributed by atoms with van der Waals surface area (Å²) in [7, 11) is 0. The molecule has 2 heteroatoms. The molecule has 0 aliphatic heterocycles. The van der Waals surface area contributed by atoms with Gasteiger partial charge >= 0.3 is 0 Å². The second kappa shape index (κ2) is 7.27. The fraction of sp³-hybridized carbons (Fsp3) is 0.615. The lowest BCUT2D eigenvalue weighted by atomic mass is 10.1. The van der Waals surface area contributed by atoms with Crippen molar-refractivity contribution in [2.24, 2.45) is 0 Å². The number of unbranched alkanes of at least 4 members (excludes halogenated alkanes) is 3. The van der Waals surface area contributed by atoms with Crippen LogP contribution in [0.2, 0.25) is 0 Å². The highest BCUT2D eigenvalue weighted by molar-refractivity contribution is 5.35. The van der Waals surface area contributed by atoms with Crippen LogP contribution in [0.15, 0.2) is 18.3 Å². The highest BCUT2D eigenvalue weighted by Gasteiger charge is 1.95. The minimum absolute atomic E-state index is 0.933. The SMILES string of the molecule is CCCCCCc1ccc(NCC)nc1. The van der Waals surface area contributed by atoms with Crippen LogP contribution in [-0.4, -0.2) is 11.5 Å². The number of hydrogen-bond acceptors (Lipinski definition) is 2. The standard InChI is InChI=1S/C13H22N2/c1-3-5-6-7-8-12-9-10-13(14-4-2)15-11-12/h9-11H,3-8H2,1-2H3,(H,14,15). The molecule has 15 heavy (non-hydrogen) atoms. The van der Waals surface area contributed by atoms with Gasteiger partial charge in [-0.2, -0.15) is 0 Å². The number of anilines is 1. The van der Waals surface area contributed by atoms with Crippen molar-refractivity contribution < 1.29 is 0 Å². The largest absolute Gasteiger partial charge is 0.370 e. The Hall–Kier alpha value is -1.05. The van der Waals surface area contributed by atoms with Crippen molar-refractivity contribution in [3.63, 3.8) is 0 Å². The predicted molar refractivity (Wildman–Crippen MR) is 66.2 cm³/mol. The van der Waals surface area contributed by atoms with Crippen LogP contribution in [0.5, 0.6) is 0 Å². The number of pyridine rings is 1. The van der Waals surface area contributed by atoms with Gasteiger partial charge in [0.25, 0.3) is 0 Å². The molecule has 0 aliphatic rings. The lowest BCUT2D eigenvalue weighted by Gasteiger charge is -2.04. The summed E-state index contributed by atoms with van der Waals surface area (Å²) in [6.45, 7) is 5.26. The van der Waals surface area contributed by atoms with Crippen LogP contribution in [0.25, 0.3) is 0 Å². The van der Waals surface area contributed by atoms with Crippen molar-refractivity contribution in [2.75, 3.05) is 11.9 Å². The van der Waals surface area contributed by atoms with Crippen molar-refractivity contribution in [3.05, 3.63) is 23.9 Å². The third kappa shape index (κ3) is 4.82. The topological polar surface area (TPSA) is 24.9 Å². The number of nitrogens with zero attached hydrogens (tertiary/aromatic N) is 1. The second-order valence-electron chi connectivity index (χ2n) is 3.89. The summed E-state index contributed by atoms with van der Waals surface area (Å²) in [5, 5.41) is 3.20. The lowest BCUT2D eigenvalue weighted by Crippen LogP contribution is -1.99. The monoisotopic (exact) mass is 206 g/mol. The summed E-state index contributed by atoms with van der Waals surface area (Å²) in [5.41, 5.74) is 1.35. The molecule has 0 amide bonds. The van der Waals surface area contributed by atoms with E-state index < -0.39 is 0 Å². The van der Waals surface area contributed by atoms with E-state index in [4.69, 9.17) is 0 Å². The Kier molecular flexibility index (Phi) is 5.83. The van der Waals surface area contributed by atoms with Crippen LogP contribution in [0.4, 0.5) is 5.82 Å². The van der Waals surface area contributed by atoms with E-state index in [9.17, 15) is 0 Å². The molecule has 0 saturated carbocycles. The van der Waals surface area contributed by atoms with Gasteiger partial charge in [-0.1, -0.05) is 32.3 Å². The summed E-state index contributed by atoms with van der Waals surface area (Å²) >= 11 is 0. The van der Waals surface area contributed by atoms with Gasteiger partial charge in [0.05, 0.1) is 0 Å². The average Bonchev–Trinajstić information content (AvgIpc) is 2.27. The zero-order valence-electron chi connectivity index (χ0n) is 9.92. The van der Waals surface area contributed by atoms with Gasteiger partial charge in [-0.3, -0.25) is 0 Å². The van der Waals surface area contributed by atoms with Gasteiger partial charge in [0.15, 0.2) is 0 Å². The van der Waals surface area contributed by atoms with Crippen LogP contribution in [0, 0.1) is 0 Å². The first kappa shape index (κ1) is 12.0. The van der Waals surface area contributed by atoms with E-state index in [-0.39, 0.29) is 0 Å². The van der Waals surface area contributed by atoms with Gasteiger partial charge in [0.2, 0.25) is 0 Å². The zero-order chi connectivity index (χ0) is 10.9. The van der Waals surface area contributed by atoms with E-state index in [1.165, 1.54) is 37.7 Å². The Bertz CT molecular complexity index is 254. The summed E-state index contributed by atoms with van der Waals surface area (Å²) in [6, 6.07) is 4.25. The highest BCUT2D eigenvalue weighted by atomic mass is 15.0. The number of nitrogens with one attached hydrogen (secondary N) is 1. The maximum absolute atomic E-state index is 4.36. The summed E-state index contributed by atoms with van der Waals surface area (Å²) in [4.78, 5) is 4.36. The minimum Gasteiger partial charge on any atom is -0.370 e. The van der Waals surface area contributed by atoms with Crippen molar-refractivity contribution in [2.45, 2.75) is 46.0 Å². The van der Waals surface area contributed by atoms with Crippen LogP contribution >= 0.6 is 0 Å². The third-order valence-electron chi connectivity index (χ3n) is 2.50. The van der Waals surface area contributed by atoms with E-state index >= 15 is 0 Å². The Balaban J connectivity index is 2.29. The minimum atomic E-state index is 0.933. The van der Waals surface area contributed by atoms with Crippen molar-refractivity contribution in [3.8, 4) is 0 Å². The lowest BCUT2D eigenvalue weighted by molar-refractivity contribution is 0.666. The molecule has 84 valence electrons. The summed E-state index contributed by atoms with van der Waals surface area (Å²) < 4.78 is 0. The van der Waals surface area contributed by atoms with Gasteiger partial charge in [0.1, 0.15) is 5.82 Å². The highest BCUT2D eigenvalue weighted by Crippen LogP contribution is 2.09. The maximum Gasteiger partial charge on any atom is 0.125 e. The molecule has 2 nitrogen and oxygen atoms in total. The van der Waals surface area contributed by atoms with Gasteiger partial charge in [-0.25, -0.2) is 4.98 Å². The first-order chi connectivity index (χ1) is 7.36. The first-order valence-electron chi connectivity index (χ1n) is 6.05. The molecule has 1 rings (SSSR count). The van der Waals surface area contributed by atoms with E-state index in [1.54, 1.807) is 0 Å². The Morgan fingerprint density at radius 1 is 1.13 bits per heavy atom. The number of aryl methyl sites for hydroxylation is 1. The first-order valence-corrected chi connectivity index (χ1v) is 6.05. The van der Waals surface area contributed by atoms with Crippen LogP contribution < -0.4 is 5.32 Å². The summed E-state index contributed by atoms with van der Waals surface area (Å²) in [6.07, 6.45) is 8.44. The zero-order valence-corrected chi connectivity index (χ0v) is 9.92. The fourth-order valence-corrected chi connectivity index (χ4v) is 1.61. The van der Waals surface area contributed by atoms with Crippen molar-refractivity contribution in [1.29, 1.82) is 0 Å². The molecule has 1 aromatic rings. The van der Waals surface area contributed by atoms with E-state index in [1.807, 2.05) is 6.20 Å². The quantitative estimate of drug-likeness (QED) is 0.689. The van der Waals surface area contributed by atoms with Crippen molar-refractivity contribution >= 4 is 5.82 Å². The molecule has 0 atom stereocenters. The number of aromatic nitrogens is 1. The molecule has 0 unspecified atom stereocenters. The molecule has 1 heterocycles. The van der Waals surface area contributed by atoms with Gasteiger partial charge in [-0.15, -0.1) is 0 Å². The molecule has 0 spiro atoms. The summed E-state index contributed by atoms with van der Waals surface area (Å²) in [5.74, 6) is 0.981. The second-order valence-corrected chi connectivity index (χ2v) is 3.89. The van der Waals surface area contributed by atoms with E-state index in [0.29, 0.717) is 0 Å². The molecular formula is C13H22N2. The Labute approximate surface area is 93.1 Å². The van der Waals surface area contributed by atoms with E-state index in [2.05, 4.69) is 36.3 Å². The molecular weight excluding hydrogens is 184 g/mol. The number of rotatable bonds is 7. The van der Waals surface area contributed by atoms with Gasteiger partial charge in [0, 0.05) is 12.7 Å². The maximum atomic E-state index is 4.36. The van der Waals surface area contributed by atoms with Gasteiger partial charge in [-0.05, 0) is 31.4 Å². The molecule has 0 saturated heterocycles. The smallest absolute Gasteiger partial charge is 0.125 e. The van der Waals surface area contributed by atoms with Crippen LogP contribution in [-0.2, 0) is 6.42 Å². The van der Waals surface area contributed by atoms with E-state index in [0.717, 1.165) is 12.4 Å². The predicted octanol–water partition coefficient (Wildman–Crippen LogP) is 3.64. The number of hydrogen-bond donors (Lipinski definition) is 1. The normalized spacial score (nSPS) is 10.3. The molecule has 0 radical (unpaired) electrons. The Morgan fingerprint density at radius 3 is 2.60 bits per heavy atom. The molecule has 0 aromatic carbocycles. The van der Waals surface area contributed by atoms with Crippen molar-refractivity contribution in [1.82, 2.24) is 4.98 Å². The van der Waals surface area contributed by atoms with Gasteiger partial charge < -0.3 is 5.32 Å².